The van der Waals surface area contributed by atoms with Crippen molar-refractivity contribution in [2.75, 3.05) is 32.1 Å². The molecule has 0 aromatic heterocycles. The maximum absolute atomic E-state index is 12.9. The summed E-state index contributed by atoms with van der Waals surface area (Å²) < 4.78 is 5.35. The van der Waals surface area contributed by atoms with Crippen molar-refractivity contribution in [3.8, 4) is 0 Å². The molecule has 1 fully saturated rings. The van der Waals surface area contributed by atoms with Crippen LogP contribution in [0.15, 0.2) is 18.2 Å². The molecule has 7 heteroatoms. The predicted molar refractivity (Wildman–Crippen MR) is 104 cm³/mol. The van der Waals surface area contributed by atoms with Gasteiger partial charge < -0.3 is 20.7 Å². The van der Waals surface area contributed by atoms with Crippen LogP contribution in [-0.2, 0) is 20.7 Å². The summed E-state index contributed by atoms with van der Waals surface area (Å²) in [5.41, 5.74) is 2.63. The SMILES string of the molecule is COCC1(C(=O)NC(C)c2ccc3c(c2)CCC(=O)N3)CCNCC1.Cl. The van der Waals surface area contributed by atoms with E-state index < -0.39 is 5.41 Å². The molecule has 1 aromatic carbocycles. The maximum Gasteiger partial charge on any atom is 0.229 e. The lowest BCUT2D eigenvalue weighted by molar-refractivity contribution is -0.136. The molecule has 3 N–H and O–H groups in total. The molecule has 2 aliphatic rings. The number of carbonyl (C=O) groups excluding carboxylic acids is 2. The summed E-state index contributed by atoms with van der Waals surface area (Å²) in [6.45, 7) is 4.12. The highest BCUT2D eigenvalue weighted by Gasteiger charge is 2.40. The predicted octanol–water partition coefficient (Wildman–Crippen LogP) is 2.19. The molecule has 0 bridgehead atoms. The average Bonchev–Trinajstić information content (AvgIpc) is 2.62. The zero-order valence-corrected chi connectivity index (χ0v) is 16.2. The first-order valence-electron chi connectivity index (χ1n) is 8.97. The molecular formula is C19H28ClN3O3. The Hall–Kier alpha value is -1.63. The number of ether oxygens (including phenoxy) is 1. The van der Waals surface area contributed by atoms with Crippen molar-refractivity contribution in [3.05, 3.63) is 29.3 Å². The zero-order valence-electron chi connectivity index (χ0n) is 15.4. The molecule has 2 heterocycles. The number of fused-ring (bicyclic) bond motifs is 1. The molecular weight excluding hydrogens is 354 g/mol. The van der Waals surface area contributed by atoms with Crippen LogP contribution in [-0.4, -0.2) is 38.6 Å². The fourth-order valence-electron chi connectivity index (χ4n) is 3.72. The van der Waals surface area contributed by atoms with E-state index in [4.69, 9.17) is 4.74 Å². The van der Waals surface area contributed by atoms with E-state index in [2.05, 4.69) is 22.0 Å². The summed E-state index contributed by atoms with van der Waals surface area (Å²) >= 11 is 0. The number of carbonyl (C=O) groups is 2. The Labute approximate surface area is 160 Å². The summed E-state index contributed by atoms with van der Waals surface area (Å²) in [5, 5.41) is 9.37. The van der Waals surface area contributed by atoms with Crippen molar-refractivity contribution in [1.29, 1.82) is 0 Å². The monoisotopic (exact) mass is 381 g/mol. The fraction of sp³-hybridized carbons (Fsp3) is 0.579. The second-order valence-electron chi connectivity index (χ2n) is 7.12. The number of rotatable bonds is 5. The van der Waals surface area contributed by atoms with Crippen molar-refractivity contribution in [3.63, 3.8) is 0 Å². The molecule has 26 heavy (non-hydrogen) atoms. The first kappa shape index (κ1) is 20.7. The number of halogens is 1. The van der Waals surface area contributed by atoms with Crippen LogP contribution < -0.4 is 16.0 Å². The molecule has 0 saturated carbocycles. The quantitative estimate of drug-likeness (QED) is 0.730. The number of methoxy groups -OCH3 is 1. The number of aryl methyl sites for hydroxylation is 1. The lowest BCUT2D eigenvalue weighted by atomic mass is 9.78. The first-order chi connectivity index (χ1) is 12.0. The van der Waals surface area contributed by atoms with Gasteiger partial charge in [0.1, 0.15) is 0 Å². The summed E-state index contributed by atoms with van der Waals surface area (Å²) in [6.07, 6.45) is 2.83. The molecule has 2 aliphatic heterocycles. The number of amides is 2. The number of hydrogen-bond donors (Lipinski definition) is 3. The maximum atomic E-state index is 12.9. The largest absolute Gasteiger partial charge is 0.384 e. The fourth-order valence-corrected chi connectivity index (χ4v) is 3.72. The highest BCUT2D eigenvalue weighted by molar-refractivity contribution is 5.94. The summed E-state index contributed by atoms with van der Waals surface area (Å²) in [4.78, 5) is 24.4. The van der Waals surface area contributed by atoms with E-state index in [1.807, 2.05) is 19.1 Å². The van der Waals surface area contributed by atoms with Crippen LogP contribution in [0.2, 0.25) is 0 Å². The van der Waals surface area contributed by atoms with Crippen molar-refractivity contribution in [2.24, 2.45) is 5.41 Å². The molecule has 144 valence electrons. The van der Waals surface area contributed by atoms with Crippen LogP contribution in [0, 0.1) is 5.41 Å². The van der Waals surface area contributed by atoms with Crippen LogP contribution in [0.1, 0.15) is 43.4 Å². The van der Waals surface area contributed by atoms with E-state index >= 15 is 0 Å². The van der Waals surface area contributed by atoms with Gasteiger partial charge >= 0.3 is 0 Å². The third-order valence-electron chi connectivity index (χ3n) is 5.34. The van der Waals surface area contributed by atoms with Gasteiger partial charge in [0, 0.05) is 19.2 Å². The Balaban J connectivity index is 0.00000243. The highest BCUT2D eigenvalue weighted by Crippen LogP contribution is 2.31. The average molecular weight is 382 g/mol. The van der Waals surface area contributed by atoms with Gasteiger partial charge in [0.15, 0.2) is 0 Å². The van der Waals surface area contributed by atoms with Gasteiger partial charge in [-0.05, 0) is 56.5 Å². The van der Waals surface area contributed by atoms with Gasteiger partial charge in [0.25, 0.3) is 0 Å². The van der Waals surface area contributed by atoms with Gasteiger partial charge in [-0.2, -0.15) is 0 Å². The number of piperidine rings is 1. The minimum absolute atomic E-state index is 0. The Morgan fingerprint density at radius 3 is 2.73 bits per heavy atom. The van der Waals surface area contributed by atoms with Crippen molar-refractivity contribution < 1.29 is 14.3 Å². The summed E-state index contributed by atoms with van der Waals surface area (Å²) in [7, 11) is 1.65. The summed E-state index contributed by atoms with van der Waals surface area (Å²) in [5.74, 6) is 0.128. The molecule has 0 radical (unpaired) electrons. The van der Waals surface area contributed by atoms with Crippen molar-refractivity contribution >= 4 is 29.9 Å². The number of hydrogen-bond acceptors (Lipinski definition) is 4. The van der Waals surface area contributed by atoms with Crippen molar-refractivity contribution in [1.82, 2.24) is 10.6 Å². The smallest absolute Gasteiger partial charge is 0.229 e. The molecule has 1 atom stereocenters. The van der Waals surface area contributed by atoms with E-state index in [-0.39, 0.29) is 30.3 Å². The Morgan fingerprint density at radius 1 is 1.31 bits per heavy atom. The second-order valence-corrected chi connectivity index (χ2v) is 7.12. The van der Waals surface area contributed by atoms with E-state index in [9.17, 15) is 9.59 Å². The Bertz CT molecular complexity index is 654. The summed E-state index contributed by atoms with van der Waals surface area (Å²) in [6, 6.07) is 5.91. The van der Waals surface area contributed by atoms with Gasteiger partial charge in [0.05, 0.1) is 18.1 Å². The zero-order chi connectivity index (χ0) is 17.9. The number of anilines is 1. The normalized spacial score (nSPS) is 19.5. The van der Waals surface area contributed by atoms with Crippen LogP contribution in [0.4, 0.5) is 5.69 Å². The van der Waals surface area contributed by atoms with Crippen LogP contribution in [0.3, 0.4) is 0 Å². The first-order valence-corrected chi connectivity index (χ1v) is 8.97. The molecule has 1 saturated heterocycles. The molecule has 1 unspecified atom stereocenters. The Morgan fingerprint density at radius 2 is 2.04 bits per heavy atom. The molecule has 0 aliphatic carbocycles. The van der Waals surface area contributed by atoms with Gasteiger partial charge in [-0.25, -0.2) is 0 Å². The molecule has 6 nitrogen and oxygen atoms in total. The van der Waals surface area contributed by atoms with Gasteiger partial charge in [-0.3, -0.25) is 9.59 Å². The topological polar surface area (TPSA) is 79.5 Å². The third-order valence-corrected chi connectivity index (χ3v) is 5.34. The van der Waals surface area contributed by atoms with Gasteiger partial charge in [-0.1, -0.05) is 12.1 Å². The molecule has 3 rings (SSSR count). The lowest BCUT2D eigenvalue weighted by Gasteiger charge is -2.36. The second kappa shape index (κ2) is 8.84. The van der Waals surface area contributed by atoms with E-state index in [0.29, 0.717) is 13.0 Å². The van der Waals surface area contributed by atoms with Gasteiger partial charge in [-0.15, -0.1) is 12.4 Å². The third kappa shape index (κ3) is 4.37. The van der Waals surface area contributed by atoms with Crippen LogP contribution >= 0.6 is 12.4 Å². The van der Waals surface area contributed by atoms with E-state index in [0.717, 1.165) is 49.2 Å². The molecule has 0 spiro atoms. The van der Waals surface area contributed by atoms with Crippen molar-refractivity contribution in [2.45, 2.75) is 38.6 Å². The minimum atomic E-state index is -0.448. The van der Waals surface area contributed by atoms with Crippen LogP contribution in [0.5, 0.6) is 0 Å². The Kier molecular flexibility index (Phi) is 7.03. The standard InChI is InChI=1S/C19H27N3O3.ClH/c1-13(14-3-5-16-15(11-14)4-6-17(23)22-16)21-18(24)19(12-25-2)7-9-20-10-8-19;/h3,5,11,13,20H,4,6-10,12H2,1-2H3,(H,21,24)(H,22,23);1H. The minimum Gasteiger partial charge on any atom is -0.384 e. The number of nitrogens with one attached hydrogen (secondary N) is 3. The number of benzene rings is 1. The van der Waals surface area contributed by atoms with E-state index in [1.54, 1.807) is 7.11 Å². The lowest BCUT2D eigenvalue weighted by Crippen LogP contribution is -2.50. The molecule has 1 aromatic rings. The molecule has 2 amide bonds. The highest BCUT2D eigenvalue weighted by atomic mass is 35.5. The van der Waals surface area contributed by atoms with E-state index in [1.165, 1.54) is 0 Å². The van der Waals surface area contributed by atoms with Crippen LogP contribution in [0.25, 0.3) is 0 Å². The van der Waals surface area contributed by atoms with Gasteiger partial charge in [0.2, 0.25) is 11.8 Å².